The first kappa shape index (κ1) is 38.0. The van der Waals surface area contributed by atoms with Crippen molar-refractivity contribution in [1.29, 1.82) is 0 Å². The van der Waals surface area contributed by atoms with E-state index < -0.39 is 54.1 Å². The summed E-state index contributed by atoms with van der Waals surface area (Å²) in [5.74, 6) is -2.11. The summed E-state index contributed by atoms with van der Waals surface area (Å²) in [7, 11) is 0. The largest absolute Gasteiger partial charge is 0.452 e. The molecule has 5 aromatic rings. The zero-order valence-corrected chi connectivity index (χ0v) is 30.4. The van der Waals surface area contributed by atoms with Crippen molar-refractivity contribution in [3.8, 4) is 12.3 Å². The lowest BCUT2D eigenvalue weighted by atomic mass is 9.95. The van der Waals surface area contributed by atoms with E-state index in [-0.39, 0.29) is 12.3 Å². The Morgan fingerprint density at radius 2 is 1.05 bits per heavy atom. The smallest absolute Gasteiger partial charge is 0.356 e. The molecule has 2 amide bonds. The number of nitrogens with one attached hydrogen (secondary N) is 1. The molecule has 1 saturated heterocycles. The second kappa shape index (κ2) is 17.8. The van der Waals surface area contributed by atoms with Gasteiger partial charge in [0.05, 0.1) is 0 Å². The molecule has 276 valence electrons. The molecule has 0 aliphatic carbocycles. The molecule has 3 atom stereocenters. The van der Waals surface area contributed by atoms with E-state index >= 15 is 0 Å². The number of carbonyl (C=O) groups is 4. The van der Waals surface area contributed by atoms with E-state index in [1.807, 2.05) is 121 Å². The predicted octanol–water partition coefficient (Wildman–Crippen LogP) is 7.03. The lowest BCUT2D eigenvalue weighted by Gasteiger charge is -2.47. The minimum Gasteiger partial charge on any atom is -0.452 e. The molecular weight excluding hydrogens is 693 g/mol. The van der Waals surface area contributed by atoms with Gasteiger partial charge in [-0.2, -0.15) is 0 Å². The highest BCUT2D eigenvalue weighted by molar-refractivity contribution is 6.07. The molecular formula is C46H40N2O7. The van der Waals surface area contributed by atoms with Gasteiger partial charge in [0.2, 0.25) is 5.91 Å². The summed E-state index contributed by atoms with van der Waals surface area (Å²) in [5.41, 5.74) is 3.66. The maximum Gasteiger partial charge on any atom is 0.356 e. The molecule has 55 heavy (non-hydrogen) atoms. The summed E-state index contributed by atoms with van der Waals surface area (Å²) >= 11 is 0. The van der Waals surface area contributed by atoms with Crippen molar-refractivity contribution in [1.82, 2.24) is 10.2 Å². The van der Waals surface area contributed by atoms with Crippen LogP contribution in [0.15, 0.2) is 163 Å². The number of allylic oxidation sites excluding steroid dienone is 1. The van der Waals surface area contributed by atoms with Crippen LogP contribution < -0.4 is 5.32 Å². The number of hydrogen-bond acceptors (Lipinski definition) is 7. The number of hydrogen-bond donors (Lipinski definition) is 1. The normalized spacial score (nSPS) is 15.3. The molecule has 9 nitrogen and oxygen atoms in total. The van der Waals surface area contributed by atoms with Gasteiger partial charge in [-0.15, -0.1) is 6.42 Å². The van der Waals surface area contributed by atoms with Crippen LogP contribution in [0.4, 0.5) is 0 Å². The fourth-order valence-electron chi connectivity index (χ4n) is 6.47. The van der Waals surface area contributed by atoms with E-state index in [1.165, 1.54) is 0 Å². The number of terminal acetylenes is 1. The first-order chi connectivity index (χ1) is 26.8. The van der Waals surface area contributed by atoms with Crippen LogP contribution >= 0.6 is 0 Å². The third-order valence-electron chi connectivity index (χ3n) is 9.09. The van der Waals surface area contributed by atoms with Crippen LogP contribution in [0.1, 0.15) is 59.8 Å². The van der Waals surface area contributed by atoms with Gasteiger partial charge in [0.15, 0.2) is 30.4 Å². The average Bonchev–Trinajstić information content (AvgIpc) is 3.22. The quantitative estimate of drug-likeness (QED) is 0.0429. The van der Waals surface area contributed by atoms with Gasteiger partial charge in [-0.05, 0) is 47.2 Å². The molecule has 1 aliphatic heterocycles. The number of β-lactam (4-membered cyclic amide) rings is 1. The first-order valence-corrected chi connectivity index (χ1v) is 17.8. The highest BCUT2D eigenvalue weighted by Crippen LogP contribution is 2.34. The Labute approximate surface area is 320 Å². The van der Waals surface area contributed by atoms with E-state index in [2.05, 4.69) is 11.2 Å². The molecule has 6 rings (SSSR count). The minimum atomic E-state index is -1.46. The molecule has 1 heterocycles. The number of benzene rings is 5. The van der Waals surface area contributed by atoms with Gasteiger partial charge in [-0.1, -0.05) is 158 Å². The molecule has 1 N–H and O–H groups in total. The van der Waals surface area contributed by atoms with E-state index in [0.29, 0.717) is 22.3 Å². The van der Waals surface area contributed by atoms with Crippen molar-refractivity contribution in [3.63, 3.8) is 0 Å². The Bertz CT molecular complexity index is 2090. The van der Waals surface area contributed by atoms with Gasteiger partial charge in [0.25, 0.3) is 5.91 Å². The number of nitrogens with zero attached hydrogens (tertiary/aromatic N) is 1. The Morgan fingerprint density at radius 1 is 0.655 bits per heavy atom. The Hall–Kier alpha value is -6.76. The predicted molar refractivity (Wildman–Crippen MR) is 207 cm³/mol. The van der Waals surface area contributed by atoms with Crippen molar-refractivity contribution >= 4 is 23.8 Å². The summed E-state index contributed by atoms with van der Waals surface area (Å²) in [6.45, 7) is 3.11. The van der Waals surface area contributed by atoms with Gasteiger partial charge in [-0.25, -0.2) is 4.79 Å². The van der Waals surface area contributed by atoms with Crippen molar-refractivity contribution in [2.45, 2.75) is 44.2 Å². The zero-order chi connectivity index (χ0) is 38.7. The summed E-state index contributed by atoms with van der Waals surface area (Å²) in [5, 5.41) is 2.71. The Balaban J connectivity index is 1.27. The fourth-order valence-corrected chi connectivity index (χ4v) is 6.47. The van der Waals surface area contributed by atoms with E-state index in [4.69, 9.17) is 20.6 Å². The molecule has 1 aliphatic rings. The van der Waals surface area contributed by atoms with Crippen molar-refractivity contribution in [2.24, 2.45) is 0 Å². The first-order valence-electron chi connectivity index (χ1n) is 17.8. The number of ether oxygens (including phenoxy) is 3. The molecule has 0 aromatic heterocycles. The maximum atomic E-state index is 14.2. The second-order valence-electron chi connectivity index (χ2n) is 13.0. The molecule has 0 spiro atoms. The van der Waals surface area contributed by atoms with Crippen LogP contribution in [0.3, 0.4) is 0 Å². The third kappa shape index (κ3) is 8.73. The van der Waals surface area contributed by atoms with Crippen LogP contribution in [-0.2, 0) is 33.4 Å². The Morgan fingerprint density at radius 3 is 1.45 bits per heavy atom. The summed E-state index contributed by atoms with van der Waals surface area (Å²) in [6, 6.07) is 44.1. The number of likely N-dealkylation sites (tertiary alicyclic amines) is 1. The molecule has 1 fully saturated rings. The van der Waals surface area contributed by atoms with Crippen LogP contribution in [0.2, 0.25) is 0 Å². The third-order valence-corrected chi connectivity index (χ3v) is 9.09. The number of esters is 2. The molecule has 0 radical (unpaired) electrons. The van der Waals surface area contributed by atoms with Crippen molar-refractivity contribution < 1.29 is 33.4 Å². The molecule has 0 bridgehead atoms. The topological polar surface area (TPSA) is 111 Å². The molecule has 0 saturated carbocycles. The van der Waals surface area contributed by atoms with Gasteiger partial charge in [0, 0.05) is 0 Å². The van der Waals surface area contributed by atoms with E-state index in [0.717, 1.165) is 16.0 Å². The summed E-state index contributed by atoms with van der Waals surface area (Å²) in [6.07, 6.45) is 2.76. The zero-order valence-electron chi connectivity index (χ0n) is 30.4. The number of rotatable bonds is 14. The maximum absolute atomic E-state index is 14.2. The van der Waals surface area contributed by atoms with Gasteiger partial charge >= 0.3 is 11.9 Å². The van der Waals surface area contributed by atoms with Gasteiger partial charge in [-0.3, -0.25) is 19.3 Å². The molecule has 5 aromatic carbocycles. The average molecular weight is 733 g/mol. The standard InChI is InChI=1S/C46H40N2O7/c1-4-30-53-44-38(43(50)48(44)39(31(2)3)46(52)55-41(35-26-16-8-17-27-35)36-28-18-9-19-29-36)47-42(49)37(32-20-10-5-11-21-32)45(51)54-40(33-22-12-6-13-23-33)34-24-14-7-15-25-34/h1,5-29,37-38,40-41,44H,30H2,2-3H3,(H,47,49). The highest BCUT2D eigenvalue weighted by atomic mass is 16.6. The SMILES string of the molecule is C#CCOC1C(NC(=O)C(C(=O)OC(c2ccccc2)c2ccccc2)c2ccccc2)C(=O)N1C(C(=O)OC(c1ccccc1)c1ccccc1)=C(C)C. The van der Waals surface area contributed by atoms with Crippen LogP contribution in [0, 0.1) is 12.3 Å². The monoisotopic (exact) mass is 732 g/mol. The lowest BCUT2D eigenvalue weighted by Crippen LogP contribution is -2.72. The van der Waals surface area contributed by atoms with Crippen molar-refractivity contribution in [2.75, 3.05) is 6.61 Å². The summed E-state index contributed by atoms with van der Waals surface area (Å²) in [4.78, 5) is 57.6. The van der Waals surface area contributed by atoms with Crippen LogP contribution in [-0.4, -0.2) is 47.5 Å². The second-order valence-corrected chi connectivity index (χ2v) is 13.0. The van der Waals surface area contributed by atoms with Crippen molar-refractivity contribution in [3.05, 3.63) is 191 Å². The van der Waals surface area contributed by atoms with E-state index in [9.17, 15) is 19.2 Å². The minimum absolute atomic E-state index is 0.0537. The van der Waals surface area contributed by atoms with Crippen LogP contribution in [0.5, 0.6) is 0 Å². The van der Waals surface area contributed by atoms with Gasteiger partial charge in [0.1, 0.15) is 12.3 Å². The Kier molecular flexibility index (Phi) is 12.3. The van der Waals surface area contributed by atoms with Gasteiger partial charge < -0.3 is 19.5 Å². The highest BCUT2D eigenvalue weighted by Gasteiger charge is 2.54. The number of carbonyl (C=O) groups excluding carboxylic acids is 4. The summed E-state index contributed by atoms with van der Waals surface area (Å²) < 4.78 is 18.1. The fraction of sp³-hybridized carbons (Fsp3) is 0.174. The number of amides is 2. The molecule has 9 heteroatoms. The lowest BCUT2D eigenvalue weighted by molar-refractivity contribution is -0.181. The van der Waals surface area contributed by atoms with Crippen LogP contribution in [0.25, 0.3) is 0 Å². The van der Waals surface area contributed by atoms with E-state index in [1.54, 1.807) is 44.2 Å². The molecule has 3 unspecified atom stereocenters.